The Balaban J connectivity index is 2.17. The molecule has 2 aromatic carbocycles. The zero-order valence-corrected chi connectivity index (χ0v) is 11.9. The Morgan fingerprint density at radius 3 is 2.60 bits per heavy atom. The zero-order chi connectivity index (χ0) is 14.8. The molecule has 0 bridgehead atoms. The molecule has 0 radical (unpaired) electrons. The van der Waals surface area contributed by atoms with Gasteiger partial charge in [-0.25, -0.2) is 17.5 Å². The highest BCUT2D eigenvalue weighted by Gasteiger charge is 2.14. The first-order valence-corrected chi connectivity index (χ1v) is 7.54. The van der Waals surface area contributed by atoms with Crippen LogP contribution in [0.25, 0.3) is 0 Å². The maximum atomic E-state index is 13.0. The lowest BCUT2D eigenvalue weighted by atomic mass is 10.2. The van der Waals surface area contributed by atoms with Crippen LogP contribution in [0.15, 0.2) is 47.4 Å². The number of benzene rings is 2. The molecule has 0 spiro atoms. The fourth-order valence-corrected chi connectivity index (χ4v) is 2.77. The third-order valence-corrected chi connectivity index (χ3v) is 4.38. The van der Waals surface area contributed by atoms with Gasteiger partial charge in [0.25, 0.3) is 0 Å². The van der Waals surface area contributed by atoms with E-state index in [1.807, 2.05) is 0 Å². The summed E-state index contributed by atoms with van der Waals surface area (Å²) in [5.74, 6) is -0.419. The minimum Gasteiger partial charge on any atom is -0.397 e. The lowest BCUT2D eigenvalue weighted by molar-refractivity contribution is 0.580. The molecule has 0 unspecified atom stereocenters. The Bertz CT molecular complexity index is 735. The number of hydrogen-bond donors (Lipinski definition) is 2. The predicted molar refractivity (Wildman–Crippen MR) is 76.3 cm³/mol. The topological polar surface area (TPSA) is 72.2 Å². The van der Waals surface area contributed by atoms with Crippen molar-refractivity contribution < 1.29 is 12.8 Å². The highest BCUT2D eigenvalue weighted by atomic mass is 35.5. The summed E-state index contributed by atoms with van der Waals surface area (Å²) in [6.45, 7) is -0.0113. The van der Waals surface area contributed by atoms with Gasteiger partial charge in [-0.1, -0.05) is 23.7 Å². The maximum Gasteiger partial charge on any atom is 0.240 e. The van der Waals surface area contributed by atoms with E-state index in [0.29, 0.717) is 5.56 Å². The minimum absolute atomic E-state index is 0.0100. The van der Waals surface area contributed by atoms with Gasteiger partial charge >= 0.3 is 0 Å². The Morgan fingerprint density at radius 2 is 1.95 bits per heavy atom. The second kappa shape index (κ2) is 5.78. The molecule has 0 heterocycles. The summed E-state index contributed by atoms with van der Waals surface area (Å²) in [6, 6.07) is 9.73. The Labute approximate surface area is 121 Å². The number of hydrogen-bond acceptors (Lipinski definition) is 3. The Hall–Kier alpha value is -1.63. The van der Waals surface area contributed by atoms with Gasteiger partial charge in [-0.15, -0.1) is 0 Å². The molecule has 0 fully saturated rings. The van der Waals surface area contributed by atoms with Crippen molar-refractivity contribution in [3.8, 4) is 0 Å². The molecular weight excluding hydrogens is 303 g/mol. The summed E-state index contributed by atoms with van der Waals surface area (Å²) in [7, 11) is -3.72. The van der Waals surface area contributed by atoms with Crippen molar-refractivity contribution in [3.05, 3.63) is 58.9 Å². The monoisotopic (exact) mass is 314 g/mol. The molecule has 20 heavy (non-hydrogen) atoms. The average Bonchev–Trinajstić information content (AvgIpc) is 2.40. The smallest absolute Gasteiger partial charge is 0.240 e. The van der Waals surface area contributed by atoms with Crippen molar-refractivity contribution in [3.63, 3.8) is 0 Å². The molecule has 0 aromatic heterocycles. The number of nitrogen functional groups attached to an aromatic ring is 1. The van der Waals surface area contributed by atoms with E-state index in [4.69, 9.17) is 17.3 Å². The minimum atomic E-state index is -3.72. The van der Waals surface area contributed by atoms with Crippen LogP contribution in [0.2, 0.25) is 5.02 Å². The summed E-state index contributed by atoms with van der Waals surface area (Å²) < 4.78 is 39.5. The number of nitrogens with two attached hydrogens (primary N) is 1. The van der Waals surface area contributed by atoms with Gasteiger partial charge in [0.05, 0.1) is 15.6 Å². The maximum absolute atomic E-state index is 13.0. The summed E-state index contributed by atoms with van der Waals surface area (Å²) in [5.41, 5.74) is 6.28. The van der Waals surface area contributed by atoms with E-state index in [9.17, 15) is 12.8 Å². The zero-order valence-electron chi connectivity index (χ0n) is 10.3. The average molecular weight is 315 g/mol. The van der Waals surface area contributed by atoms with Crippen molar-refractivity contribution >= 4 is 27.3 Å². The summed E-state index contributed by atoms with van der Waals surface area (Å²) >= 11 is 5.74. The van der Waals surface area contributed by atoms with E-state index in [0.717, 1.165) is 0 Å². The van der Waals surface area contributed by atoms with Crippen LogP contribution in [0.5, 0.6) is 0 Å². The molecule has 106 valence electrons. The molecule has 7 heteroatoms. The molecule has 3 N–H and O–H groups in total. The van der Waals surface area contributed by atoms with Crippen LogP contribution in [-0.4, -0.2) is 8.42 Å². The van der Waals surface area contributed by atoms with E-state index >= 15 is 0 Å². The molecular formula is C13H12ClFN2O2S. The molecule has 0 atom stereocenters. The van der Waals surface area contributed by atoms with Gasteiger partial charge < -0.3 is 5.73 Å². The first-order chi connectivity index (χ1) is 9.38. The van der Waals surface area contributed by atoms with Gasteiger partial charge in [-0.05, 0) is 35.9 Å². The quantitative estimate of drug-likeness (QED) is 0.852. The first-order valence-electron chi connectivity index (χ1n) is 5.67. The molecule has 4 nitrogen and oxygen atoms in total. The highest BCUT2D eigenvalue weighted by molar-refractivity contribution is 7.89. The summed E-state index contributed by atoms with van der Waals surface area (Å²) in [5, 5.41) is 0.286. The fourth-order valence-electron chi connectivity index (χ4n) is 1.60. The SMILES string of the molecule is Nc1cc(S(=O)(=O)NCc2cccc(F)c2)ccc1Cl. The Morgan fingerprint density at radius 1 is 1.20 bits per heavy atom. The van der Waals surface area contributed by atoms with Crippen LogP contribution in [0.4, 0.5) is 10.1 Å². The van der Waals surface area contributed by atoms with Gasteiger partial charge in [-0.3, -0.25) is 0 Å². The first kappa shape index (κ1) is 14.8. The molecule has 0 aliphatic rings. The molecule has 2 aromatic rings. The van der Waals surface area contributed by atoms with E-state index in [-0.39, 0.29) is 22.2 Å². The van der Waals surface area contributed by atoms with Crippen LogP contribution in [0, 0.1) is 5.82 Å². The van der Waals surface area contributed by atoms with Crippen LogP contribution >= 0.6 is 11.6 Å². The number of nitrogens with one attached hydrogen (secondary N) is 1. The van der Waals surface area contributed by atoms with E-state index < -0.39 is 15.8 Å². The van der Waals surface area contributed by atoms with E-state index in [1.54, 1.807) is 6.07 Å². The normalized spacial score (nSPS) is 11.5. The van der Waals surface area contributed by atoms with Crippen molar-refractivity contribution in [1.82, 2.24) is 4.72 Å². The highest BCUT2D eigenvalue weighted by Crippen LogP contribution is 2.22. The van der Waals surface area contributed by atoms with E-state index in [2.05, 4.69) is 4.72 Å². The van der Waals surface area contributed by atoms with Gasteiger partial charge in [0.1, 0.15) is 5.82 Å². The second-order valence-corrected chi connectivity index (χ2v) is 6.31. The molecule has 2 rings (SSSR count). The van der Waals surface area contributed by atoms with Crippen LogP contribution in [0.1, 0.15) is 5.56 Å². The number of rotatable bonds is 4. The lowest BCUT2D eigenvalue weighted by Gasteiger charge is -2.08. The van der Waals surface area contributed by atoms with Gasteiger partial charge in [0.2, 0.25) is 10.0 Å². The third kappa shape index (κ3) is 3.47. The second-order valence-electron chi connectivity index (χ2n) is 4.14. The van der Waals surface area contributed by atoms with Crippen molar-refractivity contribution in [1.29, 1.82) is 0 Å². The number of anilines is 1. The van der Waals surface area contributed by atoms with Crippen LogP contribution < -0.4 is 10.5 Å². The van der Waals surface area contributed by atoms with E-state index in [1.165, 1.54) is 36.4 Å². The summed E-state index contributed by atoms with van der Waals surface area (Å²) in [4.78, 5) is 0.0100. The number of halogens is 2. The Kier molecular flexibility index (Phi) is 4.27. The largest absolute Gasteiger partial charge is 0.397 e. The third-order valence-electron chi connectivity index (χ3n) is 2.63. The fraction of sp³-hybridized carbons (Fsp3) is 0.0769. The molecule has 0 saturated carbocycles. The van der Waals surface area contributed by atoms with Gasteiger partial charge in [0.15, 0.2) is 0 Å². The van der Waals surface area contributed by atoms with Crippen molar-refractivity contribution in [2.75, 3.05) is 5.73 Å². The van der Waals surface area contributed by atoms with Crippen LogP contribution in [0.3, 0.4) is 0 Å². The van der Waals surface area contributed by atoms with Gasteiger partial charge in [0, 0.05) is 6.54 Å². The molecule has 0 aliphatic heterocycles. The lowest BCUT2D eigenvalue weighted by Crippen LogP contribution is -2.23. The van der Waals surface area contributed by atoms with Crippen molar-refractivity contribution in [2.45, 2.75) is 11.4 Å². The van der Waals surface area contributed by atoms with Crippen molar-refractivity contribution in [2.24, 2.45) is 0 Å². The molecule has 0 amide bonds. The number of sulfonamides is 1. The van der Waals surface area contributed by atoms with Crippen LogP contribution in [-0.2, 0) is 16.6 Å². The molecule has 0 saturated heterocycles. The van der Waals surface area contributed by atoms with Gasteiger partial charge in [-0.2, -0.15) is 0 Å². The molecule has 0 aliphatic carbocycles. The predicted octanol–water partition coefficient (Wildman–Crippen LogP) is 2.54. The standard InChI is InChI=1S/C13H12ClFN2O2S/c14-12-5-4-11(7-13(12)16)20(18,19)17-8-9-2-1-3-10(15)6-9/h1-7,17H,8,16H2. The summed E-state index contributed by atoms with van der Waals surface area (Å²) in [6.07, 6.45) is 0.